The van der Waals surface area contributed by atoms with Crippen molar-refractivity contribution in [2.24, 2.45) is 0 Å². The van der Waals surface area contributed by atoms with Gasteiger partial charge in [0, 0.05) is 30.8 Å². The first-order chi connectivity index (χ1) is 14.4. The van der Waals surface area contributed by atoms with Gasteiger partial charge in [0.2, 0.25) is 0 Å². The number of Topliss-reactive ketones (excluding diaryl/α,β-unsaturated/α-hetero) is 1. The van der Waals surface area contributed by atoms with Crippen LogP contribution in [0.5, 0.6) is 5.75 Å². The number of hydrogen-bond donors (Lipinski definition) is 1. The van der Waals surface area contributed by atoms with Crippen LogP contribution in [0.2, 0.25) is 5.02 Å². The van der Waals surface area contributed by atoms with Crippen LogP contribution in [-0.2, 0) is 14.3 Å². The highest BCUT2D eigenvalue weighted by atomic mass is 35.5. The van der Waals surface area contributed by atoms with E-state index in [4.69, 9.17) is 21.1 Å². The molecular weight excluding hydrogens is 406 g/mol. The summed E-state index contributed by atoms with van der Waals surface area (Å²) in [6, 6.07) is 11.3. The maximum Gasteiger partial charge on any atom is 0.295 e. The number of nitrogens with zero attached hydrogens (tertiary/aromatic N) is 1. The number of amides is 1. The number of aryl methyl sites for hydroxylation is 1. The highest BCUT2D eigenvalue weighted by molar-refractivity contribution is 6.46. The van der Waals surface area contributed by atoms with Crippen molar-refractivity contribution in [1.82, 2.24) is 4.90 Å². The van der Waals surface area contributed by atoms with E-state index in [-0.39, 0.29) is 11.3 Å². The van der Waals surface area contributed by atoms with E-state index in [2.05, 4.69) is 0 Å². The van der Waals surface area contributed by atoms with Crippen molar-refractivity contribution >= 4 is 29.1 Å². The van der Waals surface area contributed by atoms with E-state index in [9.17, 15) is 14.7 Å². The van der Waals surface area contributed by atoms with E-state index < -0.39 is 17.7 Å². The summed E-state index contributed by atoms with van der Waals surface area (Å²) in [4.78, 5) is 27.2. The van der Waals surface area contributed by atoms with Crippen molar-refractivity contribution in [3.63, 3.8) is 0 Å². The molecule has 1 aliphatic rings. The van der Waals surface area contributed by atoms with Crippen LogP contribution in [0.15, 0.2) is 48.0 Å². The predicted molar refractivity (Wildman–Crippen MR) is 115 cm³/mol. The topological polar surface area (TPSA) is 76.1 Å². The Hall–Kier alpha value is -2.83. The van der Waals surface area contributed by atoms with Crippen molar-refractivity contribution in [3.05, 3.63) is 69.8 Å². The van der Waals surface area contributed by atoms with Crippen LogP contribution in [0.1, 0.15) is 29.2 Å². The SMILES string of the molecule is COCCCN1C(=O)C(=O)C(=C(O)c2ccc(OC)c(C)c2)C1c1ccc(Cl)cc1. The first-order valence-corrected chi connectivity index (χ1v) is 9.94. The van der Waals surface area contributed by atoms with Gasteiger partial charge in [-0.25, -0.2) is 0 Å². The first kappa shape index (κ1) is 21.9. The van der Waals surface area contributed by atoms with Crippen LogP contribution in [-0.4, -0.2) is 49.1 Å². The Labute approximate surface area is 180 Å². The summed E-state index contributed by atoms with van der Waals surface area (Å²) in [7, 11) is 3.14. The van der Waals surface area contributed by atoms with Gasteiger partial charge in [-0.1, -0.05) is 23.7 Å². The molecule has 30 heavy (non-hydrogen) atoms. The quantitative estimate of drug-likeness (QED) is 0.310. The minimum atomic E-state index is -0.710. The molecule has 1 fully saturated rings. The number of ketones is 1. The minimum Gasteiger partial charge on any atom is -0.507 e. The Bertz CT molecular complexity index is 984. The van der Waals surface area contributed by atoms with Crippen molar-refractivity contribution in [2.75, 3.05) is 27.4 Å². The first-order valence-electron chi connectivity index (χ1n) is 9.56. The van der Waals surface area contributed by atoms with Crippen LogP contribution in [0, 0.1) is 6.92 Å². The van der Waals surface area contributed by atoms with Crippen molar-refractivity contribution in [3.8, 4) is 5.75 Å². The third kappa shape index (κ3) is 4.20. The van der Waals surface area contributed by atoms with Crippen LogP contribution in [0.25, 0.3) is 5.76 Å². The average molecular weight is 430 g/mol. The van der Waals surface area contributed by atoms with Crippen LogP contribution >= 0.6 is 11.6 Å². The normalized spacial score (nSPS) is 18.1. The van der Waals surface area contributed by atoms with Crippen molar-refractivity contribution < 1.29 is 24.2 Å². The summed E-state index contributed by atoms with van der Waals surface area (Å²) in [6.45, 7) is 2.62. The number of carbonyl (C=O) groups excluding carboxylic acids is 2. The summed E-state index contributed by atoms with van der Waals surface area (Å²) >= 11 is 6.02. The number of halogens is 1. The number of likely N-dealkylation sites (tertiary alicyclic amines) is 1. The molecule has 1 aliphatic heterocycles. The summed E-state index contributed by atoms with van der Waals surface area (Å²) in [5.74, 6) is -0.898. The van der Waals surface area contributed by atoms with Gasteiger partial charge in [0.1, 0.15) is 11.5 Å². The molecule has 1 atom stereocenters. The van der Waals surface area contributed by atoms with E-state index in [0.717, 1.165) is 5.56 Å². The number of hydrogen-bond acceptors (Lipinski definition) is 5. The van der Waals surface area contributed by atoms with Gasteiger partial charge >= 0.3 is 0 Å². The second kappa shape index (κ2) is 9.32. The zero-order chi connectivity index (χ0) is 21.8. The smallest absolute Gasteiger partial charge is 0.295 e. The van der Waals surface area contributed by atoms with E-state index in [1.54, 1.807) is 56.7 Å². The highest BCUT2D eigenvalue weighted by Crippen LogP contribution is 2.40. The molecule has 1 heterocycles. The number of rotatable bonds is 7. The minimum absolute atomic E-state index is 0.0595. The third-order valence-corrected chi connectivity index (χ3v) is 5.39. The molecule has 1 saturated heterocycles. The fraction of sp³-hybridized carbons (Fsp3) is 0.304. The maximum atomic E-state index is 12.9. The monoisotopic (exact) mass is 429 g/mol. The summed E-state index contributed by atoms with van der Waals surface area (Å²) in [6.07, 6.45) is 0.565. The lowest BCUT2D eigenvalue weighted by Crippen LogP contribution is -2.31. The summed E-state index contributed by atoms with van der Waals surface area (Å²) in [5.41, 5.74) is 2.01. The molecule has 1 unspecified atom stereocenters. The fourth-order valence-electron chi connectivity index (χ4n) is 3.66. The van der Waals surface area contributed by atoms with Crippen LogP contribution in [0.3, 0.4) is 0 Å². The maximum absolute atomic E-state index is 12.9. The Morgan fingerprint density at radius 3 is 2.43 bits per heavy atom. The molecule has 0 aliphatic carbocycles. The van der Waals surface area contributed by atoms with Gasteiger partial charge < -0.3 is 19.5 Å². The molecule has 0 aromatic heterocycles. The van der Waals surface area contributed by atoms with Gasteiger partial charge in [-0.3, -0.25) is 9.59 Å². The van der Waals surface area contributed by atoms with E-state index >= 15 is 0 Å². The van der Waals surface area contributed by atoms with Gasteiger partial charge in [-0.2, -0.15) is 0 Å². The Kier molecular flexibility index (Phi) is 6.80. The van der Waals surface area contributed by atoms with Crippen molar-refractivity contribution in [1.29, 1.82) is 0 Å². The molecule has 0 bridgehead atoms. The number of methoxy groups -OCH3 is 2. The predicted octanol–water partition coefficient (Wildman–Crippen LogP) is 4.12. The lowest BCUT2D eigenvalue weighted by molar-refractivity contribution is -0.140. The lowest BCUT2D eigenvalue weighted by Gasteiger charge is -2.25. The van der Waals surface area contributed by atoms with E-state index in [1.165, 1.54) is 4.90 Å². The summed E-state index contributed by atoms with van der Waals surface area (Å²) < 4.78 is 10.4. The molecule has 6 nitrogen and oxygen atoms in total. The number of aliphatic hydroxyl groups excluding tert-OH is 1. The molecule has 2 aromatic carbocycles. The average Bonchev–Trinajstić information content (AvgIpc) is 2.99. The van der Waals surface area contributed by atoms with Crippen LogP contribution in [0.4, 0.5) is 0 Å². The fourth-order valence-corrected chi connectivity index (χ4v) is 3.79. The number of carbonyl (C=O) groups is 2. The van der Waals surface area contributed by atoms with E-state index in [1.807, 2.05) is 6.92 Å². The summed E-state index contributed by atoms with van der Waals surface area (Å²) in [5, 5.41) is 11.6. The second-order valence-corrected chi connectivity index (χ2v) is 7.51. The largest absolute Gasteiger partial charge is 0.507 e. The molecule has 0 spiro atoms. The number of benzene rings is 2. The Balaban J connectivity index is 2.12. The molecule has 0 saturated carbocycles. The van der Waals surface area contributed by atoms with Gasteiger partial charge in [-0.15, -0.1) is 0 Å². The molecule has 7 heteroatoms. The molecule has 2 aromatic rings. The number of aliphatic hydroxyl groups is 1. The zero-order valence-corrected chi connectivity index (χ0v) is 17.9. The van der Waals surface area contributed by atoms with Gasteiger partial charge in [-0.05, 0) is 54.8 Å². The lowest BCUT2D eigenvalue weighted by atomic mass is 9.94. The Morgan fingerprint density at radius 2 is 1.83 bits per heavy atom. The standard InChI is InChI=1S/C23H24ClNO5/c1-14-13-16(7-10-18(14)30-3)21(26)19-20(15-5-8-17(24)9-6-15)25(11-4-12-29-2)23(28)22(19)27/h5-10,13,20,26H,4,11-12H2,1-3H3. The van der Waals surface area contributed by atoms with E-state index in [0.29, 0.717) is 41.5 Å². The highest BCUT2D eigenvalue weighted by Gasteiger charge is 2.45. The third-order valence-electron chi connectivity index (χ3n) is 5.14. The van der Waals surface area contributed by atoms with Gasteiger partial charge in [0.25, 0.3) is 11.7 Å². The molecule has 3 rings (SSSR count). The molecular formula is C23H24ClNO5. The molecule has 158 valence electrons. The number of ether oxygens (including phenoxy) is 2. The Morgan fingerprint density at radius 1 is 1.13 bits per heavy atom. The van der Waals surface area contributed by atoms with Crippen molar-refractivity contribution in [2.45, 2.75) is 19.4 Å². The van der Waals surface area contributed by atoms with Gasteiger partial charge in [0.05, 0.1) is 18.7 Å². The zero-order valence-electron chi connectivity index (χ0n) is 17.1. The molecule has 1 amide bonds. The van der Waals surface area contributed by atoms with Gasteiger partial charge in [0.15, 0.2) is 0 Å². The molecule has 1 N–H and O–H groups in total. The molecule has 0 radical (unpaired) electrons. The van der Waals surface area contributed by atoms with Crippen LogP contribution < -0.4 is 4.74 Å². The second-order valence-electron chi connectivity index (χ2n) is 7.07.